The highest BCUT2D eigenvalue weighted by Crippen LogP contribution is 2.20. The van der Waals surface area contributed by atoms with Gasteiger partial charge in [-0.3, -0.25) is 4.79 Å². The lowest BCUT2D eigenvalue weighted by Crippen LogP contribution is -2.35. The molecule has 0 aliphatic rings. The molecule has 0 radical (unpaired) electrons. The Hall–Kier alpha value is -2.20. The van der Waals surface area contributed by atoms with Gasteiger partial charge in [0.1, 0.15) is 11.5 Å². The molecular weight excluding hydrogens is 302 g/mol. The summed E-state index contributed by atoms with van der Waals surface area (Å²) in [6.07, 6.45) is -0.616. The average Bonchev–Trinajstić information content (AvgIpc) is 2.54. The van der Waals surface area contributed by atoms with E-state index in [2.05, 4.69) is 5.32 Å². The Morgan fingerprint density at radius 2 is 1.91 bits per heavy atom. The van der Waals surface area contributed by atoms with Gasteiger partial charge in [-0.15, -0.1) is 0 Å². The van der Waals surface area contributed by atoms with Crippen LogP contribution in [0, 0.1) is 0 Å². The molecule has 1 atom stereocenters. The van der Waals surface area contributed by atoms with Crippen molar-refractivity contribution in [1.29, 1.82) is 0 Å². The highest BCUT2D eigenvalue weighted by molar-refractivity contribution is 6.31. The quantitative estimate of drug-likeness (QED) is 0.887. The van der Waals surface area contributed by atoms with Gasteiger partial charge in [0.2, 0.25) is 0 Å². The first-order valence-electron chi connectivity index (χ1n) is 6.92. The minimum atomic E-state index is -0.616. The maximum Gasteiger partial charge on any atom is 0.261 e. The van der Waals surface area contributed by atoms with Gasteiger partial charge < -0.3 is 14.8 Å². The van der Waals surface area contributed by atoms with Crippen molar-refractivity contribution in [2.45, 2.75) is 19.6 Å². The molecule has 1 N–H and O–H groups in total. The monoisotopic (exact) mass is 319 g/mol. The number of hydrogen-bond donors (Lipinski definition) is 1. The van der Waals surface area contributed by atoms with Crippen LogP contribution in [0.2, 0.25) is 5.02 Å². The third-order valence-electron chi connectivity index (χ3n) is 3.13. The molecule has 0 aromatic heterocycles. The van der Waals surface area contributed by atoms with E-state index in [0.717, 1.165) is 5.56 Å². The largest absolute Gasteiger partial charge is 0.497 e. The summed E-state index contributed by atoms with van der Waals surface area (Å²) >= 11 is 6.05. The molecule has 2 aromatic carbocycles. The van der Waals surface area contributed by atoms with Gasteiger partial charge in [0.05, 0.1) is 7.11 Å². The molecule has 0 fully saturated rings. The summed E-state index contributed by atoms with van der Waals surface area (Å²) in [4.78, 5) is 12.1. The average molecular weight is 320 g/mol. The molecule has 0 aliphatic carbocycles. The summed E-state index contributed by atoms with van der Waals surface area (Å²) in [6.45, 7) is 2.06. The second-order valence-corrected chi connectivity index (χ2v) is 5.16. The number of ether oxygens (including phenoxy) is 2. The fraction of sp³-hybridized carbons (Fsp3) is 0.235. The van der Waals surface area contributed by atoms with Crippen LogP contribution in [0.5, 0.6) is 11.5 Å². The molecule has 2 rings (SSSR count). The van der Waals surface area contributed by atoms with Crippen LogP contribution in [0.4, 0.5) is 0 Å². The Morgan fingerprint density at radius 3 is 2.64 bits per heavy atom. The van der Waals surface area contributed by atoms with Crippen molar-refractivity contribution in [2.75, 3.05) is 7.11 Å². The second-order valence-electron chi connectivity index (χ2n) is 4.75. The molecule has 0 spiro atoms. The summed E-state index contributed by atoms with van der Waals surface area (Å²) in [5.74, 6) is 1.06. The Morgan fingerprint density at radius 1 is 1.18 bits per heavy atom. The molecule has 4 nitrogen and oxygen atoms in total. The SMILES string of the molecule is COc1cccc(OC(C)C(=O)NCc2ccccc2Cl)c1. The fourth-order valence-corrected chi connectivity index (χ4v) is 2.10. The van der Waals surface area contributed by atoms with Gasteiger partial charge in [-0.2, -0.15) is 0 Å². The van der Waals surface area contributed by atoms with E-state index in [1.165, 1.54) is 0 Å². The van der Waals surface area contributed by atoms with Gasteiger partial charge in [-0.05, 0) is 30.7 Å². The summed E-state index contributed by atoms with van der Waals surface area (Å²) in [5, 5.41) is 3.44. The standard InChI is InChI=1S/C17H18ClNO3/c1-12(22-15-8-5-7-14(10-15)21-2)17(20)19-11-13-6-3-4-9-16(13)18/h3-10,12H,11H2,1-2H3,(H,19,20). The van der Waals surface area contributed by atoms with Gasteiger partial charge in [0.15, 0.2) is 6.10 Å². The third kappa shape index (κ3) is 4.40. The minimum absolute atomic E-state index is 0.206. The summed E-state index contributed by atoms with van der Waals surface area (Å²) in [6, 6.07) is 14.5. The van der Waals surface area contributed by atoms with Crippen LogP contribution in [0.25, 0.3) is 0 Å². The van der Waals surface area contributed by atoms with E-state index in [4.69, 9.17) is 21.1 Å². The number of carbonyl (C=O) groups is 1. The van der Waals surface area contributed by atoms with Crippen LogP contribution < -0.4 is 14.8 Å². The molecule has 1 amide bonds. The van der Waals surface area contributed by atoms with Crippen LogP contribution >= 0.6 is 11.6 Å². The van der Waals surface area contributed by atoms with Crippen LogP contribution in [0.3, 0.4) is 0 Å². The maximum absolute atomic E-state index is 12.1. The van der Waals surface area contributed by atoms with Crippen LogP contribution in [0.15, 0.2) is 48.5 Å². The van der Waals surface area contributed by atoms with E-state index in [1.54, 1.807) is 32.2 Å². The molecule has 1 unspecified atom stereocenters. The zero-order chi connectivity index (χ0) is 15.9. The maximum atomic E-state index is 12.1. The molecule has 116 valence electrons. The first kappa shape index (κ1) is 16.2. The van der Waals surface area contributed by atoms with E-state index in [-0.39, 0.29) is 5.91 Å². The smallest absolute Gasteiger partial charge is 0.261 e. The molecule has 0 heterocycles. The topological polar surface area (TPSA) is 47.6 Å². The number of halogens is 1. The zero-order valence-corrected chi connectivity index (χ0v) is 13.3. The third-order valence-corrected chi connectivity index (χ3v) is 3.50. The van der Waals surface area contributed by atoms with E-state index < -0.39 is 6.10 Å². The predicted molar refractivity (Wildman–Crippen MR) is 86.4 cm³/mol. The number of amides is 1. The van der Waals surface area contributed by atoms with Gasteiger partial charge in [-0.1, -0.05) is 35.9 Å². The minimum Gasteiger partial charge on any atom is -0.497 e. The normalized spacial score (nSPS) is 11.6. The Labute approximate surface area is 135 Å². The number of hydrogen-bond acceptors (Lipinski definition) is 3. The van der Waals surface area contributed by atoms with Gasteiger partial charge in [0, 0.05) is 17.6 Å². The van der Waals surface area contributed by atoms with Crippen molar-refractivity contribution in [3.63, 3.8) is 0 Å². The molecule has 0 saturated carbocycles. The number of nitrogens with one attached hydrogen (secondary N) is 1. The highest BCUT2D eigenvalue weighted by Gasteiger charge is 2.15. The number of methoxy groups -OCH3 is 1. The predicted octanol–water partition coefficient (Wildman–Crippen LogP) is 3.43. The summed E-state index contributed by atoms with van der Waals surface area (Å²) in [7, 11) is 1.58. The van der Waals surface area contributed by atoms with Gasteiger partial charge in [0.25, 0.3) is 5.91 Å². The molecule has 0 saturated heterocycles. The van der Waals surface area contributed by atoms with Crippen LogP contribution in [-0.2, 0) is 11.3 Å². The molecular formula is C17H18ClNO3. The molecule has 0 bridgehead atoms. The lowest BCUT2D eigenvalue weighted by molar-refractivity contribution is -0.127. The lowest BCUT2D eigenvalue weighted by atomic mass is 10.2. The molecule has 22 heavy (non-hydrogen) atoms. The van der Waals surface area contributed by atoms with Crippen molar-refractivity contribution in [3.8, 4) is 11.5 Å². The first-order chi connectivity index (χ1) is 10.6. The number of rotatable bonds is 6. The molecule has 0 aliphatic heterocycles. The second kappa shape index (κ2) is 7.71. The zero-order valence-electron chi connectivity index (χ0n) is 12.5. The highest BCUT2D eigenvalue weighted by atomic mass is 35.5. The van der Waals surface area contributed by atoms with Crippen LogP contribution in [0.1, 0.15) is 12.5 Å². The van der Waals surface area contributed by atoms with Crippen molar-refractivity contribution < 1.29 is 14.3 Å². The van der Waals surface area contributed by atoms with Crippen LogP contribution in [-0.4, -0.2) is 19.1 Å². The van der Waals surface area contributed by atoms with E-state index >= 15 is 0 Å². The van der Waals surface area contributed by atoms with Crippen molar-refractivity contribution in [2.24, 2.45) is 0 Å². The number of benzene rings is 2. The summed E-state index contributed by atoms with van der Waals surface area (Å²) < 4.78 is 10.7. The van der Waals surface area contributed by atoms with Crippen molar-refractivity contribution >= 4 is 17.5 Å². The van der Waals surface area contributed by atoms with Crippen molar-refractivity contribution in [1.82, 2.24) is 5.32 Å². The van der Waals surface area contributed by atoms with Gasteiger partial charge in [-0.25, -0.2) is 0 Å². The number of carbonyl (C=O) groups excluding carboxylic acids is 1. The Bertz CT molecular complexity index is 645. The molecule has 5 heteroatoms. The Balaban J connectivity index is 1.90. The molecule has 2 aromatic rings. The van der Waals surface area contributed by atoms with E-state index in [0.29, 0.717) is 23.1 Å². The Kier molecular flexibility index (Phi) is 5.67. The van der Waals surface area contributed by atoms with E-state index in [1.807, 2.05) is 30.3 Å². The van der Waals surface area contributed by atoms with Gasteiger partial charge >= 0.3 is 0 Å². The van der Waals surface area contributed by atoms with Crippen molar-refractivity contribution in [3.05, 3.63) is 59.1 Å². The fourth-order valence-electron chi connectivity index (χ4n) is 1.90. The summed E-state index contributed by atoms with van der Waals surface area (Å²) in [5.41, 5.74) is 0.867. The first-order valence-corrected chi connectivity index (χ1v) is 7.30. The van der Waals surface area contributed by atoms with E-state index in [9.17, 15) is 4.79 Å². The lowest BCUT2D eigenvalue weighted by Gasteiger charge is -2.15.